The average Bonchev–Trinajstić information content (AvgIpc) is 3.37. The molecule has 2 heterocycles. The van der Waals surface area contributed by atoms with E-state index >= 15 is 0 Å². The number of carbonyl (C=O) groups is 3. The molecule has 8 nitrogen and oxygen atoms in total. The first-order valence-electron chi connectivity index (χ1n) is 9.87. The average molecular weight is 421 g/mol. The molecule has 2 atom stereocenters. The Morgan fingerprint density at radius 2 is 1.94 bits per heavy atom. The summed E-state index contributed by atoms with van der Waals surface area (Å²) in [6.45, 7) is 3.02. The predicted octanol–water partition coefficient (Wildman–Crippen LogP) is 3.09. The summed E-state index contributed by atoms with van der Waals surface area (Å²) >= 11 is 0. The molecular formula is C23H23N3O5. The summed E-state index contributed by atoms with van der Waals surface area (Å²) in [5.41, 5.74) is -0.631. The van der Waals surface area contributed by atoms with E-state index in [0.717, 1.165) is 21.4 Å². The van der Waals surface area contributed by atoms with Crippen LogP contribution in [0.5, 0.6) is 5.75 Å². The Balaban J connectivity index is 1.52. The SMILES string of the molecule is COc1ccc2cc([C@@]3(C)NC(=O)N(CC(=O)N[C@H](C)c4ccco4)C3=O)ccc2c1. The van der Waals surface area contributed by atoms with Gasteiger partial charge in [0.15, 0.2) is 0 Å². The Morgan fingerprint density at radius 3 is 2.65 bits per heavy atom. The molecule has 1 fully saturated rings. The molecule has 3 aromatic rings. The lowest BCUT2D eigenvalue weighted by Crippen LogP contribution is -2.43. The number of benzene rings is 2. The number of nitrogens with zero attached hydrogens (tertiary/aromatic N) is 1. The zero-order chi connectivity index (χ0) is 22.2. The second kappa shape index (κ2) is 7.79. The van der Waals surface area contributed by atoms with E-state index in [1.807, 2.05) is 30.3 Å². The van der Waals surface area contributed by atoms with Crippen molar-refractivity contribution in [2.24, 2.45) is 0 Å². The maximum absolute atomic E-state index is 13.1. The molecule has 1 aromatic heterocycles. The second-order valence-corrected chi connectivity index (χ2v) is 7.68. The summed E-state index contributed by atoms with van der Waals surface area (Å²) < 4.78 is 10.5. The van der Waals surface area contributed by atoms with Crippen molar-refractivity contribution in [3.63, 3.8) is 0 Å². The third kappa shape index (κ3) is 3.72. The van der Waals surface area contributed by atoms with Crippen LogP contribution in [0.15, 0.2) is 59.2 Å². The molecular weight excluding hydrogens is 398 g/mol. The van der Waals surface area contributed by atoms with E-state index in [0.29, 0.717) is 11.3 Å². The quantitative estimate of drug-likeness (QED) is 0.596. The van der Waals surface area contributed by atoms with Crippen LogP contribution in [0.4, 0.5) is 4.79 Å². The van der Waals surface area contributed by atoms with Crippen LogP contribution in [0.1, 0.15) is 31.2 Å². The molecule has 2 aromatic carbocycles. The molecule has 0 unspecified atom stereocenters. The topological polar surface area (TPSA) is 101 Å². The standard InChI is InChI=1S/C23H23N3O5/c1-14(19-5-4-10-31-19)24-20(27)13-26-21(28)23(2,25-22(26)29)17-8-6-16-12-18(30-3)9-7-15(16)11-17/h4-12,14H,13H2,1-3H3,(H,24,27)(H,25,29)/t14-,23-/m1/s1. The fourth-order valence-corrected chi connectivity index (χ4v) is 3.74. The monoisotopic (exact) mass is 421 g/mol. The van der Waals surface area contributed by atoms with Gasteiger partial charge in [-0.15, -0.1) is 0 Å². The summed E-state index contributed by atoms with van der Waals surface area (Å²) in [5.74, 6) is 0.384. The molecule has 0 saturated carbocycles. The van der Waals surface area contributed by atoms with E-state index in [9.17, 15) is 14.4 Å². The molecule has 31 heavy (non-hydrogen) atoms. The smallest absolute Gasteiger partial charge is 0.325 e. The molecule has 1 aliphatic heterocycles. The van der Waals surface area contributed by atoms with Crippen LogP contribution >= 0.6 is 0 Å². The van der Waals surface area contributed by atoms with Crippen LogP contribution in [-0.4, -0.2) is 36.4 Å². The molecule has 1 saturated heterocycles. The molecule has 4 amide bonds. The van der Waals surface area contributed by atoms with Crippen molar-refractivity contribution >= 4 is 28.6 Å². The Kier molecular flexibility index (Phi) is 5.14. The number of carbonyl (C=O) groups excluding carboxylic acids is 3. The molecule has 160 valence electrons. The van der Waals surface area contributed by atoms with Gasteiger partial charge in [0.05, 0.1) is 19.4 Å². The van der Waals surface area contributed by atoms with Gasteiger partial charge in [0.1, 0.15) is 23.6 Å². The van der Waals surface area contributed by atoms with Crippen LogP contribution < -0.4 is 15.4 Å². The number of ether oxygens (including phenoxy) is 1. The predicted molar refractivity (Wildman–Crippen MR) is 113 cm³/mol. The van der Waals surface area contributed by atoms with E-state index in [1.165, 1.54) is 6.26 Å². The minimum Gasteiger partial charge on any atom is -0.497 e. The van der Waals surface area contributed by atoms with Gasteiger partial charge in [0, 0.05) is 0 Å². The Bertz CT molecular complexity index is 1160. The van der Waals surface area contributed by atoms with Crippen molar-refractivity contribution in [2.45, 2.75) is 25.4 Å². The largest absolute Gasteiger partial charge is 0.497 e. The zero-order valence-corrected chi connectivity index (χ0v) is 17.5. The molecule has 0 radical (unpaired) electrons. The highest BCUT2D eigenvalue weighted by atomic mass is 16.5. The molecule has 0 bridgehead atoms. The van der Waals surface area contributed by atoms with Crippen LogP contribution in [0, 0.1) is 0 Å². The molecule has 1 aliphatic rings. The Morgan fingerprint density at radius 1 is 1.19 bits per heavy atom. The van der Waals surface area contributed by atoms with Gasteiger partial charge in [-0.25, -0.2) is 4.79 Å². The minimum absolute atomic E-state index is 0.379. The number of methoxy groups -OCH3 is 1. The van der Waals surface area contributed by atoms with Gasteiger partial charge in [-0.3, -0.25) is 14.5 Å². The first-order valence-corrected chi connectivity index (χ1v) is 9.87. The summed E-state index contributed by atoms with van der Waals surface area (Å²) in [6, 6.07) is 13.6. The van der Waals surface area contributed by atoms with Gasteiger partial charge in [0.25, 0.3) is 5.91 Å². The third-order valence-corrected chi connectivity index (χ3v) is 5.55. The third-order valence-electron chi connectivity index (χ3n) is 5.55. The number of rotatable bonds is 6. The van der Waals surface area contributed by atoms with Gasteiger partial charge in [-0.05, 0) is 60.5 Å². The number of hydrogen-bond donors (Lipinski definition) is 2. The highest BCUT2D eigenvalue weighted by Crippen LogP contribution is 2.32. The fraction of sp³-hybridized carbons (Fsp3) is 0.261. The number of fused-ring (bicyclic) bond motifs is 1. The van der Waals surface area contributed by atoms with E-state index in [1.54, 1.807) is 39.2 Å². The van der Waals surface area contributed by atoms with Gasteiger partial charge in [0.2, 0.25) is 5.91 Å². The maximum Gasteiger partial charge on any atom is 0.325 e. The van der Waals surface area contributed by atoms with E-state index in [2.05, 4.69) is 10.6 Å². The van der Waals surface area contributed by atoms with Gasteiger partial charge in [-0.1, -0.05) is 18.2 Å². The number of amides is 4. The van der Waals surface area contributed by atoms with Crippen LogP contribution in [0.2, 0.25) is 0 Å². The Hall–Kier alpha value is -3.81. The summed E-state index contributed by atoms with van der Waals surface area (Å²) in [6.07, 6.45) is 1.51. The van der Waals surface area contributed by atoms with Crippen molar-refractivity contribution in [3.8, 4) is 5.75 Å². The number of hydrogen-bond acceptors (Lipinski definition) is 5. The van der Waals surface area contributed by atoms with Crippen LogP contribution in [0.25, 0.3) is 10.8 Å². The first kappa shape index (κ1) is 20.5. The summed E-state index contributed by atoms with van der Waals surface area (Å²) in [5, 5.41) is 7.33. The van der Waals surface area contributed by atoms with Crippen molar-refractivity contribution in [3.05, 3.63) is 66.1 Å². The summed E-state index contributed by atoms with van der Waals surface area (Å²) in [4.78, 5) is 39.1. The molecule has 8 heteroatoms. The highest BCUT2D eigenvalue weighted by Gasteiger charge is 2.49. The number of urea groups is 1. The maximum atomic E-state index is 13.1. The summed E-state index contributed by atoms with van der Waals surface area (Å²) in [7, 11) is 1.60. The minimum atomic E-state index is -1.27. The van der Waals surface area contributed by atoms with Crippen molar-refractivity contribution in [2.75, 3.05) is 13.7 Å². The lowest BCUT2D eigenvalue weighted by molar-refractivity contribution is -0.135. The lowest BCUT2D eigenvalue weighted by Gasteiger charge is -2.23. The normalized spacial score (nSPS) is 19.4. The van der Waals surface area contributed by atoms with Crippen molar-refractivity contribution in [1.29, 1.82) is 0 Å². The highest BCUT2D eigenvalue weighted by molar-refractivity contribution is 6.09. The van der Waals surface area contributed by atoms with Crippen molar-refractivity contribution in [1.82, 2.24) is 15.5 Å². The number of furan rings is 1. The van der Waals surface area contributed by atoms with Gasteiger partial charge < -0.3 is 19.8 Å². The van der Waals surface area contributed by atoms with E-state index < -0.39 is 23.4 Å². The van der Waals surface area contributed by atoms with Crippen LogP contribution in [-0.2, 0) is 15.1 Å². The van der Waals surface area contributed by atoms with E-state index in [4.69, 9.17) is 9.15 Å². The van der Waals surface area contributed by atoms with Gasteiger partial charge in [-0.2, -0.15) is 0 Å². The van der Waals surface area contributed by atoms with Crippen molar-refractivity contribution < 1.29 is 23.5 Å². The van der Waals surface area contributed by atoms with Crippen LogP contribution in [0.3, 0.4) is 0 Å². The van der Waals surface area contributed by atoms with E-state index in [-0.39, 0.29) is 12.6 Å². The molecule has 0 spiro atoms. The lowest BCUT2D eigenvalue weighted by atomic mass is 9.90. The molecule has 0 aliphatic carbocycles. The number of nitrogens with one attached hydrogen (secondary N) is 2. The van der Waals surface area contributed by atoms with Gasteiger partial charge >= 0.3 is 6.03 Å². The Labute approximate surface area is 179 Å². The zero-order valence-electron chi connectivity index (χ0n) is 17.5. The second-order valence-electron chi connectivity index (χ2n) is 7.68. The molecule has 2 N–H and O–H groups in total. The molecule has 4 rings (SSSR count). The fourth-order valence-electron chi connectivity index (χ4n) is 3.74. The number of imide groups is 1. The first-order chi connectivity index (χ1) is 14.8.